The van der Waals surface area contributed by atoms with Crippen LogP contribution in [-0.2, 0) is 14.6 Å². The smallest absolute Gasteiger partial charge is 0.207 e. The molecule has 20 heavy (non-hydrogen) atoms. The predicted octanol–water partition coefficient (Wildman–Crippen LogP) is 3.69. The summed E-state index contributed by atoms with van der Waals surface area (Å²) in [5, 5.41) is 0.149. The van der Waals surface area contributed by atoms with Crippen molar-refractivity contribution in [3.8, 4) is 0 Å². The van der Waals surface area contributed by atoms with Gasteiger partial charge in [0.1, 0.15) is 0 Å². The molecule has 0 unspecified atom stereocenters. The van der Waals surface area contributed by atoms with Gasteiger partial charge in [0.15, 0.2) is 5.41 Å². The van der Waals surface area contributed by atoms with Crippen molar-refractivity contribution in [2.45, 2.75) is 61.4 Å². The summed E-state index contributed by atoms with van der Waals surface area (Å²) >= 11 is 0. The van der Waals surface area contributed by atoms with Crippen LogP contribution in [0.5, 0.6) is 0 Å². The average Bonchev–Trinajstić information content (AvgIpc) is 3.00. The molecule has 1 aliphatic heterocycles. The fourth-order valence-corrected chi connectivity index (χ4v) is 5.33. The van der Waals surface area contributed by atoms with Gasteiger partial charge in [-0.2, -0.15) is 0 Å². The maximum absolute atomic E-state index is 12.6. The Labute approximate surface area is 124 Å². The van der Waals surface area contributed by atoms with E-state index in [2.05, 4.69) is 33.9 Å². The molecular formula is C15H24O3SSi. The molecule has 112 valence electrons. The number of epoxide rings is 1. The first-order chi connectivity index (χ1) is 9.42. The minimum Gasteiger partial charge on any atom is -0.352 e. The summed E-state index contributed by atoms with van der Waals surface area (Å²) in [6.45, 7) is 11.0. The summed E-state index contributed by atoms with van der Waals surface area (Å²) in [5.41, 5.74) is -1.80. The van der Waals surface area contributed by atoms with Crippen LogP contribution in [0.4, 0.5) is 0 Å². The van der Waals surface area contributed by atoms with E-state index in [0.717, 1.165) is 0 Å². The third-order valence-electron chi connectivity index (χ3n) is 4.51. The van der Waals surface area contributed by atoms with Gasteiger partial charge in [-0.3, -0.25) is 0 Å². The van der Waals surface area contributed by atoms with E-state index in [9.17, 15) is 8.42 Å². The van der Waals surface area contributed by atoms with Crippen LogP contribution < -0.4 is 0 Å². The van der Waals surface area contributed by atoms with E-state index in [-0.39, 0.29) is 9.93 Å². The number of sulfone groups is 1. The molecule has 0 spiro atoms. The van der Waals surface area contributed by atoms with E-state index < -0.39 is 29.4 Å². The van der Waals surface area contributed by atoms with Crippen molar-refractivity contribution in [1.82, 2.24) is 0 Å². The summed E-state index contributed by atoms with van der Waals surface area (Å²) in [6.07, 6.45) is -0.511. The Balaban J connectivity index is 2.21. The zero-order valence-electron chi connectivity index (χ0n) is 13.8. The SMILES string of the molecule is [2H][C@]1(S(=O)(=O)c2ccccc2)O[C@@H]1C[Si](C)(C)C(C)(C)C. The van der Waals surface area contributed by atoms with Crippen LogP contribution in [0.15, 0.2) is 35.2 Å². The monoisotopic (exact) mass is 313 g/mol. The fraction of sp³-hybridized carbons (Fsp3) is 0.600. The van der Waals surface area contributed by atoms with Gasteiger partial charge in [0.25, 0.3) is 0 Å². The van der Waals surface area contributed by atoms with Crippen LogP contribution in [0, 0.1) is 0 Å². The van der Waals surface area contributed by atoms with Crippen LogP contribution in [0.2, 0.25) is 24.2 Å². The largest absolute Gasteiger partial charge is 0.352 e. The van der Waals surface area contributed by atoms with Gasteiger partial charge in [-0.1, -0.05) is 52.1 Å². The van der Waals surface area contributed by atoms with Crippen LogP contribution in [0.3, 0.4) is 0 Å². The molecule has 2 atom stereocenters. The molecule has 0 aromatic heterocycles. The van der Waals surface area contributed by atoms with Crippen LogP contribution >= 0.6 is 0 Å². The summed E-state index contributed by atoms with van der Waals surface area (Å²) in [6, 6.07) is 8.83. The topological polar surface area (TPSA) is 46.7 Å². The van der Waals surface area contributed by atoms with Gasteiger partial charge in [-0.05, 0) is 23.2 Å². The highest BCUT2D eigenvalue weighted by atomic mass is 32.2. The molecule has 1 fully saturated rings. The summed E-state index contributed by atoms with van der Waals surface area (Å²) in [5.74, 6) is 0. The molecule has 3 nitrogen and oxygen atoms in total. The van der Waals surface area contributed by atoms with Crippen molar-refractivity contribution in [3.05, 3.63) is 30.3 Å². The van der Waals surface area contributed by atoms with E-state index in [1.807, 2.05) is 0 Å². The quantitative estimate of drug-likeness (QED) is 0.629. The third-order valence-corrected chi connectivity index (χ3v) is 11.7. The lowest BCUT2D eigenvalue weighted by Crippen LogP contribution is -2.38. The zero-order valence-corrected chi connectivity index (χ0v) is 14.6. The number of hydrogen-bond donors (Lipinski definition) is 0. The Hall–Kier alpha value is -0.653. The molecule has 1 aliphatic rings. The highest BCUT2D eigenvalue weighted by Gasteiger charge is 2.53. The Kier molecular flexibility index (Phi) is 3.55. The highest BCUT2D eigenvalue weighted by Crippen LogP contribution is 2.45. The Morgan fingerprint density at radius 1 is 1.25 bits per heavy atom. The maximum atomic E-state index is 12.6. The van der Waals surface area contributed by atoms with Gasteiger partial charge in [0, 0.05) is 0 Å². The van der Waals surface area contributed by atoms with E-state index in [1.165, 1.54) is 12.1 Å². The number of hydrogen-bond acceptors (Lipinski definition) is 3. The molecule has 0 N–H and O–H groups in total. The van der Waals surface area contributed by atoms with Crippen LogP contribution in [-0.4, -0.2) is 28.0 Å². The van der Waals surface area contributed by atoms with E-state index in [4.69, 9.17) is 6.11 Å². The second-order valence-corrected chi connectivity index (χ2v) is 14.6. The molecule has 1 aromatic rings. The van der Waals surface area contributed by atoms with Gasteiger partial charge in [0.2, 0.25) is 9.84 Å². The summed E-state index contributed by atoms with van der Waals surface area (Å²) in [7, 11) is -5.45. The molecule has 1 saturated heterocycles. The van der Waals surface area contributed by atoms with E-state index in [0.29, 0.717) is 6.04 Å². The summed E-state index contributed by atoms with van der Waals surface area (Å²) in [4.78, 5) is 0.165. The Morgan fingerprint density at radius 2 is 1.80 bits per heavy atom. The van der Waals surface area contributed by atoms with Crippen molar-refractivity contribution in [2.24, 2.45) is 0 Å². The zero-order chi connectivity index (χ0) is 16.1. The van der Waals surface area contributed by atoms with Gasteiger partial charge >= 0.3 is 0 Å². The molecular weight excluding hydrogens is 288 g/mol. The maximum Gasteiger partial charge on any atom is 0.207 e. The van der Waals surface area contributed by atoms with Crippen molar-refractivity contribution in [3.63, 3.8) is 0 Å². The summed E-state index contributed by atoms with van der Waals surface area (Å²) < 4.78 is 38.7. The Morgan fingerprint density at radius 3 is 2.30 bits per heavy atom. The minimum atomic E-state index is -3.77. The first kappa shape index (κ1) is 14.3. The van der Waals surface area contributed by atoms with E-state index in [1.54, 1.807) is 18.2 Å². The molecule has 2 rings (SSSR count). The molecule has 1 heterocycles. The molecule has 1 aromatic carbocycles. The van der Waals surface area contributed by atoms with Gasteiger partial charge < -0.3 is 4.74 Å². The second-order valence-electron chi connectivity index (χ2n) is 7.08. The minimum absolute atomic E-state index is 0.149. The highest BCUT2D eigenvalue weighted by molar-refractivity contribution is 7.92. The van der Waals surface area contributed by atoms with Gasteiger partial charge in [-0.15, -0.1) is 0 Å². The average molecular weight is 314 g/mol. The van der Waals surface area contributed by atoms with Gasteiger partial charge in [0.05, 0.1) is 20.4 Å². The van der Waals surface area contributed by atoms with Crippen molar-refractivity contribution < 1.29 is 14.5 Å². The molecule has 0 aliphatic carbocycles. The lowest BCUT2D eigenvalue weighted by atomic mass is 10.2. The second kappa shape index (κ2) is 4.96. The number of benzene rings is 1. The third kappa shape index (κ3) is 2.99. The van der Waals surface area contributed by atoms with E-state index >= 15 is 0 Å². The van der Waals surface area contributed by atoms with Crippen molar-refractivity contribution in [2.75, 3.05) is 0 Å². The lowest BCUT2D eigenvalue weighted by Gasteiger charge is -2.36. The number of rotatable bonds is 4. The normalized spacial score (nSPS) is 28.1. The first-order valence-corrected chi connectivity index (χ1v) is 11.6. The molecule has 5 heteroatoms. The van der Waals surface area contributed by atoms with Gasteiger partial charge in [-0.25, -0.2) is 8.42 Å². The van der Waals surface area contributed by atoms with Crippen molar-refractivity contribution >= 4 is 17.9 Å². The lowest BCUT2D eigenvalue weighted by molar-refractivity contribution is 0.402. The molecule has 0 radical (unpaired) electrons. The Bertz CT molecular complexity index is 622. The predicted molar refractivity (Wildman–Crippen MR) is 84.3 cm³/mol. The molecule has 0 amide bonds. The molecule has 0 saturated carbocycles. The molecule has 0 bridgehead atoms. The van der Waals surface area contributed by atoms with Crippen LogP contribution in [0.1, 0.15) is 22.1 Å². The van der Waals surface area contributed by atoms with Crippen LogP contribution in [0.25, 0.3) is 0 Å². The van der Waals surface area contributed by atoms with Crippen molar-refractivity contribution in [1.29, 1.82) is 0 Å². The standard InChI is InChI=1S/C15H24O3SSi/c1-15(2,3)20(4,5)11-13-14(18-13)19(16,17)12-9-7-6-8-10-12/h6-10,13-14H,11H2,1-5H3/t13-,14-/m1/s1/i14D. The fourth-order valence-electron chi connectivity index (χ4n) is 1.95. The first-order valence-electron chi connectivity index (χ1n) is 7.39. The number of ether oxygens (including phenoxy) is 1.